The zero-order chi connectivity index (χ0) is 12.0. The first-order valence-corrected chi connectivity index (χ1v) is 6.27. The smallest absolute Gasteiger partial charge is 0.0456 e. The van der Waals surface area contributed by atoms with Crippen molar-refractivity contribution in [2.24, 2.45) is 5.73 Å². The Morgan fingerprint density at radius 1 is 1.38 bits per heavy atom. The van der Waals surface area contributed by atoms with Crippen molar-refractivity contribution in [1.82, 2.24) is 10.2 Å². The van der Waals surface area contributed by atoms with Gasteiger partial charge in [-0.05, 0) is 25.7 Å². The lowest BCUT2D eigenvalue weighted by Gasteiger charge is -2.20. The lowest BCUT2D eigenvalue weighted by Crippen LogP contribution is -2.33. The van der Waals surface area contributed by atoms with E-state index < -0.39 is 0 Å². The highest BCUT2D eigenvalue weighted by molar-refractivity contribution is 9.10. The molecule has 16 heavy (non-hydrogen) atoms. The highest BCUT2D eigenvalue weighted by atomic mass is 79.9. The van der Waals surface area contributed by atoms with Crippen LogP contribution in [0.5, 0.6) is 0 Å². The minimum atomic E-state index is 0.218. The van der Waals surface area contributed by atoms with Gasteiger partial charge in [0.2, 0.25) is 0 Å². The number of hydrogen-bond acceptors (Lipinski definition) is 3. The molecule has 90 valence electrons. The molecular formula is C12H20BrN3. The van der Waals surface area contributed by atoms with Crippen LogP contribution >= 0.6 is 15.9 Å². The van der Waals surface area contributed by atoms with Crippen LogP contribution in [-0.2, 0) is 0 Å². The molecule has 1 atom stereocenters. The maximum Gasteiger partial charge on any atom is 0.0456 e. The van der Waals surface area contributed by atoms with Gasteiger partial charge >= 0.3 is 0 Å². The van der Waals surface area contributed by atoms with Crippen molar-refractivity contribution in [2.75, 3.05) is 33.7 Å². The average Bonchev–Trinajstić information content (AvgIpc) is 2.25. The first-order valence-electron chi connectivity index (χ1n) is 5.47. The normalized spacial score (nSPS) is 13.1. The Hall–Kier alpha value is -0.420. The number of nitrogens with zero attached hydrogens (tertiary/aromatic N) is 1. The fraction of sp³-hybridized carbons (Fsp3) is 0.500. The average molecular weight is 286 g/mol. The molecule has 0 fully saturated rings. The number of nitrogens with one attached hydrogen (secondary N) is 1. The summed E-state index contributed by atoms with van der Waals surface area (Å²) in [5.41, 5.74) is 7.02. The molecule has 1 aromatic rings. The third-order valence-corrected chi connectivity index (χ3v) is 3.19. The molecule has 0 aliphatic heterocycles. The van der Waals surface area contributed by atoms with Gasteiger partial charge < -0.3 is 16.0 Å². The standard InChI is InChI=1S/C12H20BrN3/c1-16(2)8-7-15-12(9-14)10-5-3-4-6-11(10)13/h3-6,12,15H,7-9,14H2,1-2H3. The van der Waals surface area contributed by atoms with E-state index in [0.717, 1.165) is 17.6 Å². The predicted octanol–water partition coefficient (Wildman–Crippen LogP) is 1.60. The Morgan fingerprint density at radius 2 is 2.06 bits per heavy atom. The fourth-order valence-electron chi connectivity index (χ4n) is 1.54. The molecule has 0 heterocycles. The van der Waals surface area contributed by atoms with E-state index in [9.17, 15) is 0 Å². The van der Waals surface area contributed by atoms with Gasteiger partial charge in [0.05, 0.1) is 0 Å². The van der Waals surface area contributed by atoms with Gasteiger partial charge in [0.15, 0.2) is 0 Å². The summed E-state index contributed by atoms with van der Waals surface area (Å²) in [6, 6.07) is 8.42. The van der Waals surface area contributed by atoms with Gasteiger partial charge in [-0.3, -0.25) is 0 Å². The first kappa shape index (κ1) is 13.6. The van der Waals surface area contributed by atoms with Crippen LogP contribution in [0, 0.1) is 0 Å². The zero-order valence-electron chi connectivity index (χ0n) is 9.91. The summed E-state index contributed by atoms with van der Waals surface area (Å²) in [4.78, 5) is 2.15. The molecule has 0 saturated heterocycles. The number of halogens is 1. The van der Waals surface area contributed by atoms with Crippen LogP contribution in [-0.4, -0.2) is 38.6 Å². The van der Waals surface area contributed by atoms with Crippen molar-refractivity contribution in [3.05, 3.63) is 34.3 Å². The van der Waals surface area contributed by atoms with Crippen LogP contribution in [0.3, 0.4) is 0 Å². The van der Waals surface area contributed by atoms with Gasteiger partial charge in [-0.25, -0.2) is 0 Å². The topological polar surface area (TPSA) is 41.3 Å². The zero-order valence-corrected chi connectivity index (χ0v) is 11.5. The second-order valence-electron chi connectivity index (χ2n) is 4.07. The van der Waals surface area contributed by atoms with Crippen LogP contribution in [0.4, 0.5) is 0 Å². The molecule has 0 aliphatic carbocycles. The summed E-state index contributed by atoms with van der Waals surface area (Å²) in [5.74, 6) is 0. The van der Waals surface area contributed by atoms with Gasteiger partial charge in [-0.15, -0.1) is 0 Å². The van der Waals surface area contributed by atoms with Crippen molar-refractivity contribution in [3.63, 3.8) is 0 Å². The molecule has 1 aromatic carbocycles. The maximum absolute atomic E-state index is 5.79. The Labute approximate surface area is 106 Å². The van der Waals surface area contributed by atoms with Crippen molar-refractivity contribution in [1.29, 1.82) is 0 Å². The monoisotopic (exact) mass is 285 g/mol. The Balaban J connectivity index is 2.57. The lowest BCUT2D eigenvalue weighted by molar-refractivity contribution is 0.385. The van der Waals surface area contributed by atoms with Crippen LogP contribution in [0.25, 0.3) is 0 Å². The fourth-order valence-corrected chi connectivity index (χ4v) is 2.10. The Kier molecular flexibility index (Phi) is 5.98. The number of likely N-dealkylation sites (N-methyl/N-ethyl adjacent to an activating group) is 1. The van der Waals surface area contributed by atoms with E-state index in [1.807, 2.05) is 18.2 Å². The largest absolute Gasteiger partial charge is 0.329 e. The first-order chi connectivity index (χ1) is 7.65. The summed E-state index contributed by atoms with van der Waals surface area (Å²) < 4.78 is 1.11. The predicted molar refractivity (Wildman–Crippen MR) is 72.5 cm³/mol. The number of nitrogens with two attached hydrogens (primary N) is 1. The molecule has 3 nitrogen and oxygen atoms in total. The summed E-state index contributed by atoms with van der Waals surface area (Å²) in [6.45, 7) is 2.56. The van der Waals surface area contributed by atoms with Crippen molar-refractivity contribution >= 4 is 15.9 Å². The maximum atomic E-state index is 5.79. The van der Waals surface area contributed by atoms with Crippen LogP contribution in [0.2, 0.25) is 0 Å². The van der Waals surface area contributed by atoms with Gasteiger partial charge in [0.25, 0.3) is 0 Å². The molecule has 0 amide bonds. The number of hydrogen-bond donors (Lipinski definition) is 2. The van der Waals surface area contributed by atoms with Crippen molar-refractivity contribution in [3.8, 4) is 0 Å². The van der Waals surface area contributed by atoms with Gasteiger partial charge in [0.1, 0.15) is 0 Å². The third kappa shape index (κ3) is 4.22. The molecule has 4 heteroatoms. The van der Waals surface area contributed by atoms with Crippen LogP contribution < -0.4 is 11.1 Å². The molecule has 0 spiro atoms. The van der Waals surface area contributed by atoms with E-state index in [1.54, 1.807) is 0 Å². The van der Waals surface area contributed by atoms with Crippen LogP contribution in [0.1, 0.15) is 11.6 Å². The lowest BCUT2D eigenvalue weighted by atomic mass is 10.1. The number of benzene rings is 1. The second-order valence-corrected chi connectivity index (χ2v) is 4.92. The molecular weight excluding hydrogens is 266 g/mol. The minimum absolute atomic E-state index is 0.218. The van der Waals surface area contributed by atoms with E-state index in [-0.39, 0.29) is 6.04 Å². The molecule has 0 aromatic heterocycles. The molecule has 0 saturated carbocycles. The van der Waals surface area contributed by atoms with Crippen molar-refractivity contribution in [2.45, 2.75) is 6.04 Å². The molecule has 0 bridgehead atoms. The highest BCUT2D eigenvalue weighted by Crippen LogP contribution is 2.22. The molecule has 0 aliphatic rings. The van der Waals surface area contributed by atoms with E-state index >= 15 is 0 Å². The van der Waals surface area contributed by atoms with Gasteiger partial charge in [-0.2, -0.15) is 0 Å². The van der Waals surface area contributed by atoms with E-state index in [4.69, 9.17) is 5.73 Å². The molecule has 3 N–H and O–H groups in total. The Morgan fingerprint density at radius 3 is 2.62 bits per heavy atom. The van der Waals surface area contributed by atoms with Gasteiger partial charge in [0, 0.05) is 30.1 Å². The quantitative estimate of drug-likeness (QED) is 0.834. The SMILES string of the molecule is CN(C)CCNC(CN)c1ccccc1Br. The van der Waals surface area contributed by atoms with Crippen molar-refractivity contribution < 1.29 is 0 Å². The summed E-state index contributed by atoms with van der Waals surface area (Å²) >= 11 is 3.55. The van der Waals surface area contributed by atoms with E-state index in [1.165, 1.54) is 5.56 Å². The second kappa shape index (κ2) is 7.01. The molecule has 1 rings (SSSR count). The van der Waals surface area contributed by atoms with Crippen LogP contribution in [0.15, 0.2) is 28.7 Å². The van der Waals surface area contributed by atoms with E-state index in [2.05, 4.69) is 46.3 Å². The van der Waals surface area contributed by atoms with E-state index in [0.29, 0.717) is 6.54 Å². The third-order valence-electron chi connectivity index (χ3n) is 2.47. The number of rotatable bonds is 6. The molecule has 1 unspecified atom stereocenters. The summed E-state index contributed by atoms with van der Waals surface area (Å²) in [7, 11) is 4.13. The Bertz CT molecular complexity index is 315. The molecule has 0 radical (unpaired) electrons. The van der Waals surface area contributed by atoms with Gasteiger partial charge in [-0.1, -0.05) is 34.1 Å². The minimum Gasteiger partial charge on any atom is -0.329 e. The highest BCUT2D eigenvalue weighted by Gasteiger charge is 2.11. The summed E-state index contributed by atoms with van der Waals surface area (Å²) in [6.07, 6.45) is 0. The summed E-state index contributed by atoms with van der Waals surface area (Å²) in [5, 5.41) is 3.46.